The second kappa shape index (κ2) is 1.74. The topological polar surface area (TPSA) is 26.1 Å². The lowest BCUT2D eigenvalue weighted by Gasteiger charge is -1.90. The highest BCUT2D eigenvalue weighted by molar-refractivity contribution is 5.46. The number of rotatable bonds is 0. The van der Waals surface area contributed by atoms with Gasteiger partial charge in [0, 0.05) is 6.54 Å². The zero-order valence-corrected chi connectivity index (χ0v) is 4.96. The highest BCUT2D eigenvalue weighted by Gasteiger charge is 2.07. The molecule has 45 valence electrons. The Morgan fingerprint density at radius 1 is 1.33 bits per heavy atom. The molecule has 1 aliphatic rings. The lowest BCUT2D eigenvalue weighted by atomic mass is 10.2. The second-order valence-electron chi connectivity index (χ2n) is 2.08. The molecule has 2 rings (SSSR count). The molecule has 9 heavy (non-hydrogen) atoms. The Bertz CT molecular complexity index is 197. The van der Waals surface area contributed by atoms with E-state index < -0.39 is 0 Å². The lowest BCUT2D eigenvalue weighted by Crippen LogP contribution is -2.09. The zero-order valence-electron chi connectivity index (χ0n) is 4.96. The number of nitrogens with one attached hydrogen (secondary N) is 1. The summed E-state index contributed by atoms with van der Waals surface area (Å²) in [6, 6.07) is 8.12. The lowest BCUT2D eigenvalue weighted by molar-refractivity contribution is 0.680. The molecule has 1 aromatic rings. The van der Waals surface area contributed by atoms with Crippen molar-refractivity contribution in [1.29, 1.82) is 0 Å². The van der Waals surface area contributed by atoms with E-state index in [0.717, 1.165) is 12.2 Å². The minimum absolute atomic E-state index is 0.885. The van der Waals surface area contributed by atoms with Crippen LogP contribution in [0.2, 0.25) is 0 Å². The van der Waals surface area contributed by atoms with Crippen molar-refractivity contribution in [2.75, 3.05) is 0 Å². The van der Waals surface area contributed by atoms with E-state index in [0.29, 0.717) is 0 Å². The van der Waals surface area contributed by atoms with Gasteiger partial charge in [0.1, 0.15) is 0 Å². The smallest absolute Gasteiger partial charge is 0.0819 e. The van der Waals surface area contributed by atoms with Crippen LogP contribution < -0.4 is 10.9 Å². The molecule has 1 heterocycles. The summed E-state index contributed by atoms with van der Waals surface area (Å²) in [7, 11) is 0. The third kappa shape index (κ3) is 0.678. The predicted molar refractivity (Wildman–Crippen MR) is 35.1 cm³/mol. The van der Waals surface area contributed by atoms with Crippen molar-refractivity contribution in [2.45, 2.75) is 6.54 Å². The molecule has 0 fully saturated rings. The molecule has 0 amide bonds. The van der Waals surface area contributed by atoms with Gasteiger partial charge in [0.05, 0.1) is 5.69 Å². The first-order valence-electron chi connectivity index (χ1n) is 2.98. The Morgan fingerprint density at radius 3 is 3.11 bits per heavy atom. The minimum atomic E-state index is 0.885. The third-order valence-electron chi connectivity index (χ3n) is 1.46. The van der Waals surface area contributed by atoms with Gasteiger partial charge >= 0.3 is 0 Å². The van der Waals surface area contributed by atoms with E-state index >= 15 is 0 Å². The largest absolute Gasteiger partial charge is 0.209 e. The maximum Gasteiger partial charge on any atom is 0.0819 e. The van der Waals surface area contributed by atoms with Crippen LogP contribution in [-0.2, 0) is 6.54 Å². The highest BCUT2D eigenvalue weighted by Crippen LogP contribution is 2.17. The first kappa shape index (κ1) is 4.82. The number of hydrogen-bond donors (Lipinski definition) is 1. The molecular formula is C7H7N2. The van der Waals surface area contributed by atoms with E-state index in [1.165, 1.54) is 5.56 Å². The van der Waals surface area contributed by atoms with Crippen molar-refractivity contribution in [3.05, 3.63) is 29.8 Å². The quantitative estimate of drug-likeness (QED) is 0.540. The average Bonchev–Trinajstić information content (AvgIpc) is 2.33. The molecule has 2 nitrogen and oxygen atoms in total. The van der Waals surface area contributed by atoms with Crippen LogP contribution in [0.25, 0.3) is 0 Å². The summed E-state index contributed by atoms with van der Waals surface area (Å²) in [6.07, 6.45) is 0. The van der Waals surface area contributed by atoms with Gasteiger partial charge in [-0.2, -0.15) is 0 Å². The molecule has 0 saturated heterocycles. The van der Waals surface area contributed by atoms with Crippen LogP contribution in [-0.4, -0.2) is 0 Å². The summed E-state index contributed by atoms with van der Waals surface area (Å²) in [5, 5.41) is 0. The predicted octanol–water partition coefficient (Wildman–Crippen LogP) is 0.941. The summed E-state index contributed by atoms with van der Waals surface area (Å²) < 4.78 is 0. The van der Waals surface area contributed by atoms with Gasteiger partial charge in [-0.1, -0.05) is 18.2 Å². The van der Waals surface area contributed by atoms with E-state index in [2.05, 4.69) is 16.9 Å². The molecule has 1 aliphatic heterocycles. The molecule has 0 atom stereocenters. The van der Waals surface area contributed by atoms with E-state index in [1.54, 1.807) is 0 Å². The summed E-state index contributed by atoms with van der Waals surface area (Å²) in [5.41, 5.74) is 9.33. The number of fused-ring (bicyclic) bond motifs is 1. The third-order valence-corrected chi connectivity index (χ3v) is 1.46. The van der Waals surface area contributed by atoms with Gasteiger partial charge in [-0.3, -0.25) is 0 Å². The maximum absolute atomic E-state index is 4.05. The van der Waals surface area contributed by atoms with Crippen molar-refractivity contribution in [3.8, 4) is 0 Å². The molecule has 1 aromatic carbocycles. The van der Waals surface area contributed by atoms with Crippen LogP contribution in [0.4, 0.5) is 5.69 Å². The highest BCUT2D eigenvalue weighted by atomic mass is 15.4. The van der Waals surface area contributed by atoms with E-state index in [4.69, 9.17) is 0 Å². The Labute approximate surface area is 53.9 Å². The van der Waals surface area contributed by atoms with Crippen molar-refractivity contribution in [2.24, 2.45) is 0 Å². The summed E-state index contributed by atoms with van der Waals surface area (Å²) >= 11 is 0. The molecule has 0 bridgehead atoms. The first-order chi connectivity index (χ1) is 4.47. The maximum atomic E-state index is 4.05. The van der Waals surface area contributed by atoms with Gasteiger partial charge in [-0.25, -0.2) is 10.9 Å². The Morgan fingerprint density at radius 2 is 2.22 bits per heavy atom. The van der Waals surface area contributed by atoms with Crippen LogP contribution in [0.15, 0.2) is 24.3 Å². The summed E-state index contributed by atoms with van der Waals surface area (Å²) in [6.45, 7) is 0.885. The summed E-state index contributed by atoms with van der Waals surface area (Å²) in [4.78, 5) is 0. The summed E-state index contributed by atoms with van der Waals surface area (Å²) in [5.74, 6) is 0. The minimum Gasteiger partial charge on any atom is -0.209 e. The normalized spacial score (nSPS) is 14.7. The monoisotopic (exact) mass is 119 g/mol. The standard InChI is InChI=1S/C7H7N2/c1-2-4-7-6(3-1)5-8-9-7/h1-4,8H,5H2. The molecule has 1 radical (unpaired) electrons. The first-order valence-corrected chi connectivity index (χ1v) is 2.98. The van der Waals surface area contributed by atoms with E-state index in [1.807, 2.05) is 18.2 Å². The van der Waals surface area contributed by atoms with Crippen LogP contribution in [0.3, 0.4) is 0 Å². The molecule has 2 heteroatoms. The van der Waals surface area contributed by atoms with Gasteiger partial charge in [0.15, 0.2) is 0 Å². The Kier molecular flexibility index (Phi) is 0.932. The van der Waals surface area contributed by atoms with Crippen molar-refractivity contribution in [1.82, 2.24) is 10.9 Å². The number of nitrogens with zero attached hydrogens (tertiary/aromatic N) is 1. The SMILES string of the molecule is c1ccc2c(c1)CN[N]2. The molecule has 0 aromatic heterocycles. The van der Waals surface area contributed by atoms with Gasteiger partial charge < -0.3 is 0 Å². The number of para-hydroxylation sites is 1. The van der Waals surface area contributed by atoms with Crippen molar-refractivity contribution >= 4 is 5.69 Å². The fourth-order valence-electron chi connectivity index (χ4n) is 0.979. The van der Waals surface area contributed by atoms with Gasteiger partial charge in [-0.15, -0.1) is 0 Å². The van der Waals surface area contributed by atoms with E-state index in [-0.39, 0.29) is 0 Å². The van der Waals surface area contributed by atoms with Gasteiger partial charge in [0.2, 0.25) is 0 Å². The molecule has 0 spiro atoms. The molecule has 1 N–H and O–H groups in total. The van der Waals surface area contributed by atoms with Gasteiger partial charge in [-0.05, 0) is 11.6 Å². The molecule has 0 unspecified atom stereocenters. The fraction of sp³-hybridized carbons (Fsp3) is 0.143. The fourth-order valence-corrected chi connectivity index (χ4v) is 0.979. The zero-order chi connectivity index (χ0) is 6.10. The molecule has 0 aliphatic carbocycles. The van der Waals surface area contributed by atoms with Crippen molar-refractivity contribution in [3.63, 3.8) is 0 Å². The van der Waals surface area contributed by atoms with Crippen LogP contribution in [0.5, 0.6) is 0 Å². The molecular weight excluding hydrogens is 112 g/mol. The van der Waals surface area contributed by atoms with Gasteiger partial charge in [0.25, 0.3) is 0 Å². The number of hydrogen-bond acceptors (Lipinski definition) is 1. The van der Waals surface area contributed by atoms with Crippen LogP contribution in [0.1, 0.15) is 5.56 Å². The Balaban J connectivity index is 2.54. The van der Waals surface area contributed by atoms with Crippen molar-refractivity contribution < 1.29 is 0 Å². The van der Waals surface area contributed by atoms with Crippen LogP contribution in [0, 0.1) is 0 Å². The number of benzene rings is 1. The van der Waals surface area contributed by atoms with Crippen LogP contribution >= 0.6 is 0 Å². The van der Waals surface area contributed by atoms with E-state index in [9.17, 15) is 0 Å². The second-order valence-corrected chi connectivity index (χ2v) is 2.08. The average molecular weight is 119 g/mol. The Hall–Kier alpha value is -1.02. The molecule has 0 saturated carbocycles.